The van der Waals surface area contributed by atoms with E-state index < -0.39 is 5.82 Å². The second-order valence-corrected chi connectivity index (χ2v) is 5.93. The van der Waals surface area contributed by atoms with E-state index in [0.29, 0.717) is 6.04 Å². The standard InChI is InChI=1S/C16H21FN2O/c1-12-10-18-9-5-4-6-13(18)11-19(12)16(20)14-7-2-3-8-15(14)17/h2-3,7-8,12-13H,4-6,9-11H2,1H3. The summed E-state index contributed by atoms with van der Waals surface area (Å²) in [5.41, 5.74) is 0.198. The van der Waals surface area contributed by atoms with Crippen LogP contribution >= 0.6 is 0 Å². The van der Waals surface area contributed by atoms with Crippen LogP contribution in [0, 0.1) is 5.82 Å². The van der Waals surface area contributed by atoms with Crippen molar-refractivity contribution in [2.24, 2.45) is 0 Å². The zero-order valence-electron chi connectivity index (χ0n) is 11.9. The molecule has 2 unspecified atom stereocenters. The SMILES string of the molecule is CC1CN2CCCCC2CN1C(=O)c1ccccc1F. The third-order valence-electron chi connectivity index (χ3n) is 4.55. The summed E-state index contributed by atoms with van der Waals surface area (Å²) in [4.78, 5) is 16.9. The molecule has 0 N–H and O–H groups in total. The minimum atomic E-state index is -0.421. The van der Waals surface area contributed by atoms with Gasteiger partial charge in [-0.3, -0.25) is 9.69 Å². The third kappa shape index (κ3) is 2.44. The Morgan fingerprint density at radius 3 is 2.85 bits per heavy atom. The predicted octanol–water partition coefficient (Wildman–Crippen LogP) is 2.52. The van der Waals surface area contributed by atoms with Gasteiger partial charge in [-0.05, 0) is 38.4 Å². The molecular weight excluding hydrogens is 255 g/mol. The largest absolute Gasteiger partial charge is 0.333 e. The normalized spacial score (nSPS) is 27.2. The number of amides is 1. The quantitative estimate of drug-likeness (QED) is 0.787. The summed E-state index contributed by atoms with van der Waals surface area (Å²) in [5.74, 6) is -0.586. The van der Waals surface area contributed by atoms with E-state index in [9.17, 15) is 9.18 Å². The zero-order chi connectivity index (χ0) is 14.1. The van der Waals surface area contributed by atoms with Crippen LogP contribution in [0.4, 0.5) is 4.39 Å². The molecule has 4 heteroatoms. The zero-order valence-corrected chi connectivity index (χ0v) is 11.9. The molecule has 0 aromatic heterocycles. The van der Waals surface area contributed by atoms with Crippen LogP contribution in [-0.4, -0.2) is 47.4 Å². The van der Waals surface area contributed by atoms with Crippen molar-refractivity contribution in [1.82, 2.24) is 9.80 Å². The van der Waals surface area contributed by atoms with Crippen LogP contribution in [0.3, 0.4) is 0 Å². The third-order valence-corrected chi connectivity index (χ3v) is 4.55. The van der Waals surface area contributed by atoms with Crippen LogP contribution < -0.4 is 0 Å². The Balaban J connectivity index is 1.79. The van der Waals surface area contributed by atoms with Gasteiger partial charge >= 0.3 is 0 Å². The van der Waals surface area contributed by atoms with Gasteiger partial charge in [0.05, 0.1) is 5.56 Å². The Morgan fingerprint density at radius 2 is 2.05 bits per heavy atom. The van der Waals surface area contributed by atoms with Crippen LogP contribution in [0.15, 0.2) is 24.3 Å². The molecule has 1 aromatic carbocycles. The first-order chi connectivity index (χ1) is 9.66. The lowest BCUT2D eigenvalue weighted by atomic mass is 9.96. The molecule has 3 nitrogen and oxygen atoms in total. The molecule has 0 radical (unpaired) electrons. The van der Waals surface area contributed by atoms with Crippen molar-refractivity contribution >= 4 is 5.91 Å². The molecule has 2 heterocycles. The van der Waals surface area contributed by atoms with Gasteiger partial charge in [-0.1, -0.05) is 18.6 Å². The van der Waals surface area contributed by atoms with E-state index in [2.05, 4.69) is 11.8 Å². The fourth-order valence-electron chi connectivity index (χ4n) is 3.42. The number of hydrogen-bond donors (Lipinski definition) is 0. The van der Waals surface area contributed by atoms with Crippen LogP contribution in [0.2, 0.25) is 0 Å². The molecule has 20 heavy (non-hydrogen) atoms. The van der Waals surface area contributed by atoms with E-state index in [1.54, 1.807) is 18.2 Å². The molecule has 108 valence electrons. The van der Waals surface area contributed by atoms with Gasteiger partial charge in [0, 0.05) is 25.2 Å². The number of carbonyl (C=O) groups is 1. The highest BCUT2D eigenvalue weighted by atomic mass is 19.1. The Labute approximate surface area is 119 Å². The Bertz CT molecular complexity index is 505. The van der Waals surface area contributed by atoms with Gasteiger partial charge in [0.1, 0.15) is 5.82 Å². The number of halogens is 1. The van der Waals surface area contributed by atoms with Crippen LogP contribution in [0.1, 0.15) is 36.5 Å². The maximum atomic E-state index is 13.8. The van der Waals surface area contributed by atoms with Gasteiger partial charge in [0.15, 0.2) is 0 Å². The molecule has 0 bridgehead atoms. The van der Waals surface area contributed by atoms with Crippen molar-refractivity contribution in [3.8, 4) is 0 Å². The first-order valence-electron chi connectivity index (χ1n) is 7.46. The van der Waals surface area contributed by atoms with E-state index in [1.807, 2.05) is 4.90 Å². The highest BCUT2D eigenvalue weighted by Gasteiger charge is 2.35. The summed E-state index contributed by atoms with van der Waals surface area (Å²) in [6, 6.07) is 6.88. The number of rotatable bonds is 1. The van der Waals surface area contributed by atoms with Crippen molar-refractivity contribution in [1.29, 1.82) is 0 Å². The van der Waals surface area contributed by atoms with Gasteiger partial charge in [0.25, 0.3) is 5.91 Å². The Kier molecular flexibility index (Phi) is 3.74. The maximum absolute atomic E-state index is 13.8. The Hall–Kier alpha value is -1.42. The van der Waals surface area contributed by atoms with E-state index in [0.717, 1.165) is 26.1 Å². The van der Waals surface area contributed by atoms with Crippen LogP contribution in [0.25, 0.3) is 0 Å². The molecule has 1 amide bonds. The fourth-order valence-corrected chi connectivity index (χ4v) is 3.42. The summed E-state index contributed by atoms with van der Waals surface area (Å²) in [6.45, 7) is 4.83. The van der Waals surface area contributed by atoms with Gasteiger partial charge in [-0.25, -0.2) is 4.39 Å². The average molecular weight is 276 g/mol. The highest BCUT2D eigenvalue weighted by molar-refractivity contribution is 5.94. The summed E-state index contributed by atoms with van der Waals surface area (Å²) < 4.78 is 13.8. The smallest absolute Gasteiger partial charge is 0.257 e. The number of hydrogen-bond acceptors (Lipinski definition) is 2. The second kappa shape index (κ2) is 5.52. The van der Waals surface area contributed by atoms with Crippen molar-refractivity contribution in [2.75, 3.05) is 19.6 Å². The minimum absolute atomic E-state index is 0.149. The van der Waals surface area contributed by atoms with E-state index in [4.69, 9.17) is 0 Å². The molecule has 2 atom stereocenters. The monoisotopic (exact) mass is 276 g/mol. The molecule has 2 saturated heterocycles. The second-order valence-electron chi connectivity index (χ2n) is 5.93. The number of piperidine rings is 1. The molecule has 1 aromatic rings. The number of carbonyl (C=O) groups excluding carboxylic acids is 1. The average Bonchev–Trinajstić information content (AvgIpc) is 2.46. The first kappa shape index (κ1) is 13.6. The van der Waals surface area contributed by atoms with E-state index in [1.165, 1.54) is 18.9 Å². The van der Waals surface area contributed by atoms with Gasteiger partial charge in [0.2, 0.25) is 0 Å². The van der Waals surface area contributed by atoms with E-state index >= 15 is 0 Å². The molecule has 0 aliphatic carbocycles. The topological polar surface area (TPSA) is 23.6 Å². The van der Waals surface area contributed by atoms with Gasteiger partial charge in [-0.15, -0.1) is 0 Å². The lowest BCUT2D eigenvalue weighted by molar-refractivity contribution is 0.0149. The molecule has 2 fully saturated rings. The summed E-state index contributed by atoms with van der Waals surface area (Å²) in [7, 11) is 0. The number of piperazine rings is 1. The predicted molar refractivity (Wildman–Crippen MR) is 76.1 cm³/mol. The lowest BCUT2D eigenvalue weighted by Gasteiger charge is -2.47. The fraction of sp³-hybridized carbons (Fsp3) is 0.562. The molecule has 3 rings (SSSR count). The highest BCUT2D eigenvalue weighted by Crippen LogP contribution is 2.25. The van der Waals surface area contributed by atoms with Crippen molar-refractivity contribution in [2.45, 2.75) is 38.3 Å². The minimum Gasteiger partial charge on any atom is -0.333 e. The molecule has 2 aliphatic heterocycles. The van der Waals surface area contributed by atoms with E-state index in [-0.39, 0.29) is 17.5 Å². The number of fused-ring (bicyclic) bond motifs is 1. The van der Waals surface area contributed by atoms with Crippen molar-refractivity contribution in [3.63, 3.8) is 0 Å². The number of benzene rings is 1. The Morgan fingerprint density at radius 1 is 1.25 bits per heavy atom. The molecule has 0 spiro atoms. The van der Waals surface area contributed by atoms with Gasteiger partial charge < -0.3 is 4.90 Å². The molecule has 2 aliphatic rings. The summed E-state index contributed by atoms with van der Waals surface area (Å²) >= 11 is 0. The van der Waals surface area contributed by atoms with Crippen LogP contribution in [-0.2, 0) is 0 Å². The van der Waals surface area contributed by atoms with Crippen molar-refractivity contribution in [3.05, 3.63) is 35.6 Å². The van der Waals surface area contributed by atoms with Gasteiger partial charge in [-0.2, -0.15) is 0 Å². The maximum Gasteiger partial charge on any atom is 0.257 e. The molecule has 0 saturated carbocycles. The van der Waals surface area contributed by atoms with Crippen molar-refractivity contribution < 1.29 is 9.18 Å². The van der Waals surface area contributed by atoms with Crippen LogP contribution in [0.5, 0.6) is 0 Å². The summed E-state index contributed by atoms with van der Waals surface area (Å²) in [6.07, 6.45) is 3.63. The summed E-state index contributed by atoms with van der Waals surface area (Å²) in [5, 5.41) is 0. The number of nitrogens with zero attached hydrogens (tertiary/aromatic N) is 2. The lowest BCUT2D eigenvalue weighted by Crippen LogP contribution is -2.60. The molecular formula is C16H21FN2O. The first-order valence-corrected chi connectivity index (χ1v) is 7.46.